The quantitative estimate of drug-likeness (QED) is 0.804. The van der Waals surface area contributed by atoms with Crippen molar-refractivity contribution in [2.75, 3.05) is 6.54 Å². The molecule has 1 N–H and O–H groups in total. The molecule has 0 amide bonds. The van der Waals surface area contributed by atoms with Crippen molar-refractivity contribution < 1.29 is 0 Å². The minimum absolute atomic E-state index is 0.449. The highest BCUT2D eigenvalue weighted by Gasteiger charge is 2.22. The second kappa shape index (κ2) is 5.81. The van der Waals surface area contributed by atoms with Crippen LogP contribution in [0.2, 0.25) is 0 Å². The first-order valence-corrected chi connectivity index (χ1v) is 5.66. The summed E-state index contributed by atoms with van der Waals surface area (Å²) in [5, 5.41) is 3.46. The van der Waals surface area contributed by atoms with Crippen molar-refractivity contribution in [1.82, 2.24) is 15.3 Å². The van der Waals surface area contributed by atoms with Crippen LogP contribution in [0.1, 0.15) is 39.3 Å². The van der Waals surface area contributed by atoms with Gasteiger partial charge in [0, 0.05) is 23.9 Å². The predicted octanol–water partition coefficient (Wildman–Crippen LogP) is 2.21. The van der Waals surface area contributed by atoms with Crippen LogP contribution in [-0.4, -0.2) is 22.6 Å². The zero-order valence-electron chi connectivity index (χ0n) is 10.1. The highest BCUT2D eigenvalue weighted by molar-refractivity contribution is 5.09. The summed E-state index contributed by atoms with van der Waals surface area (Å²) >= 11 is 0. The van der Waals surface area contributed by atoms with E-state index in [4.69, 9.17) is 0 Å². The van der Waals surface area contributed by atoms with Crippen molar-refractivity contribution in [1.29, 1.82) is 0 Å². The van der Waals surface area contributed by atoms with Crippen molar-refractivity contribution in [2.24, 2.45) is 5.92 Å². The Morgan fingerprint density at radius 1 is 1.33 bits per heavy atom. The summed E-state index contributed by atoms with van der Waals surface area (Å²) < 4.78 is 0. The molecule has 84 valence electrons. The molecule has 1 aromatic rings. The van der Waals surface area contributed by atoms with Gasteiger partial charge >= 0.3 is 0 Å². The van der Waals surface area contributed by atoms with E-state index in [1.165, 1.54) is 0 Å². The fraction of sp³-hybridized carbons (Fsp3) is 0.667. The van der Waals surface area contributed by atoms with Crippen LogP contribution in [-0.2, 0) is 0 Å². The maximum atomic E-state index is 4.35. The smallest absolute Gasteiger partial charge is 0.115 e. The molecule has 0 saturated heterocycles. The Hall–Kier alpha value is -0.960. The summed E-state index contributed by atoms with van der Waals surface area (Å²) in [7, 11) is 0. The summed E-state index contributed by atoms with van der Waals surface area (Å²) in [5.41, 5.74) is 1.13. The van der Waals surface area contributed by atoms with Crippen LogP contribution < -0.4 is 5.32 Å². The second-order valence-electron chi connectivity index (χ2n) is 4.25. The molecule has 0 aliphatic rings. The minimum atomic E-state index is 0.449. The first kappa shape index (κ1) is 12.1. The van der Waals surface area contributed by atoms with E-state index in [0.29, 0.717) is 17.9 Å². The van der Waals surface area contributed by atoms with Gasteiger partial charge in [-0.25, -0.2) is 9.97 Å². The van der Waals surface area contributed by atoms with E-state index in [2.05, 4.69) is 43.0 Å². The monoisotopic (exact) mass is 207 g/mol. The molecule has 0 saturated carbocycles. The zero-order chi connectivity index (χ0) is 11.3. The van der Waals surface area contributed by atoms with Gasteiger partial charge < -0.3 is 5.32 Å². The number of hydrogen-bond donors (Lipinski definition) is 1. The predicted molar refractivity (Wildman–Crippen MR) is 62.7 cm³/mol. The second-order valence-corrected chi connectivity index (χ2v) is 4.25. The van der Waals surface area contributed by atoms with Crippen molar-refractivity contribution in [3.8, 4) is 0 Å². The number of aromatic nitrogens is 2. The van der Waals surface area contributed by atoms with E-state index in [-0.39, 0.29) is 0 Å². The molecule has 2 unspecified atom stereocenters. The van der Waals surface area contributed by atoms with Gasteiger partial charge in [-0.1, -0.05) is 20.8 Å². The lowest BCUT2D eigenvalue weighted by molar-refractivity contribution is 0.376. The Balaban J connectivity index is 2.83. The van der Waals surface area contributed by atoms with Gasteiger partial charge in [-0.05, 0) is 25.5 Å². The van der Waals surface area contributed by atoms with E-state index in [9.17, 15) is 0 Å². The highest BCUT2D eigenvalue weighted by atomic mass is 14.9. The number of hydrogen-bond acceptors (Lipinski definition) is 3. The third kappa shape index (κ3) is 3.27. The van der Waals surface area contributed by atoms with Crippen LogP contribution in [0.25, 0.3) is 0 Å². The number of nitrogens with zero attached hydrogens (tertiary/aromatic N) is 2. The highest BCUT2D eigenvalue weighted by Crippen LogP contribution is 2.25. The van der Waals surface area contributed by atoms with Crippen molar-refractivity contribution >= 4 is 0 Å². The molecule has 1 rings (SSSR count). The van der Waals surface area contributed by atoms with E-state index < -0.39 is 0 Å². The number of nitrogens with one attached hydrogen (secondary N) is 1. The standard InChI is InChI=1S/C12H21N3/c1-5-14-10(4)12(9(2)3)11-6-7-13-8-15-11/h6-10,12,14H,5H2,1-4H3. The molecule has 0 spiro atoms. The number of rotatable bonds is 5. The average Bonchev–Trinajstić information content (AvgIpc) is 2.19. The Bertz CT molecular complexity index is 271. The van der Waals surface area contributed by atoms with Crippen LogP contribution >= 0.6 is 0 Å². The Morgan fingerprint density at radius 3 is 2.53 bits per heavy atom. The minimum Gasteiger partial charge on any atom is -0.314 e. The molecule has 0 aliphatic carbocycles. The molecule has 2 atom stereocenters. The first-order chi connectivity index (χ1) is 7.16. The van der Waals surface area contributed by atoms with Gasteiger partial charge in [-0.2, -0.15) is 0 Å². The van der Waals surface area contributed by atoms with E-state index in [1.807, 2.05) is 12.3 Å². The molecule has 1 aromatic heterocycles. The van der Waals surface area contributed by atoms with Crippen LogP contribution in [0.15, 0.2) is 18.6 Å². The lowest BCUT2D eigenvalue weighted by Crippen LogP contribution is -2.35. The molecular weight excluding hydrogens is 186 g/mol. The summed E-state index contributed by atoms with van der Waals surface area (Å²) in [4.78, 5) is 8.31. The molecule has 0 bridgehead atoms. The van der Waals surface area contributed by atoms with Crippen LogP contribution in [0.3, 0.4) is 0 Å². The van der Waals surface area contributed by atoms with E-state index >= 15 is 0 Å². The summed E-state index contributed by atoms with van der Waals surface area (Å²) in [6.45, 7) is 9.82. The largest absolute Gasteiger partial charge is 0.314 e. The fourth-order valence-electron chi connectivity index (χ4n) is 2.12. The SMILES string of the molecule is CCNC(C)C(c1ccncn1)C(C)C. The van der Waals surface area contributed by atoms with Gasteiger partial charge in [0.15, 0.2) is 0 Å². The summed E-state index contributed by atoms with van der Waals surface area (Å²) in [6.07, 6.45) is 3.44. The van der Waals surface area contributed by atoms with Gasteiger partial charge in [0.25, 0.3) is 0 Å². The molecule has 3 heteroatoms. The van der Waals surface area contributed by atoms with E-state index in [1.54, 1.807) is 6.33 Å². The summed E-state index contributed by atoms with van der Waals surface area (Å²) in [5.74, 6) is 1.03. The Morgan fingerprint density at radius 2 is 2.07 bits per heavy atom. The molecule has 1 heterocycles. The molecule has 0 aromatic carbocycles. The van der Waals surface area contributed by atoms with Crippen LogP contribution in [0.5, 0.6) is 0 Å². The molecule has 0 radical (unpaired) electrons. The normalized spacial score (nSPS) is 15.3. The van der Waals surface area contributed by atoms with Crippen LogP contribution in [0, 0.1) is 5.92 Å². The van der Waals surface area contributed by atoms with Crippen molar-refractivity contribution in [3.05, 3.63) is 24.3 Å². The molecule has 0 fully saturated rings. The van der Waals surface area contributed by atoms with Gasteiger partial charge in [0.1, 0.15) is 6.33 Å². The molecule has 15 heavy (non-hydrogen) atoms. The van der Waals surface area contributed by atoms with Crippen molar-refractivity contribution in [2.45, 2.75) is 39.7 Å². The molecule has 0 aliphatic heterocycles. The average molecular weight is 207 g/mol. The maximum Gasteiger partial charge on any atom is 0.115 e. The lowest BCUT2D eigenvalue weighted by Gasteiger charge is -2.27. The third-order valence-electron chi connectivity index (χ3n) is 2.73. The van der Waals surface area contributed by atoms with Gasteiger partial charge in [0.2, 0.25) is 0 Å². The molecule has 3 nitrogen and oxygen atoms in total. The molecular formula is C12H21N3. The Kier molecular flexibility index (Phi) is 4.69. The third-order valence-corrected chi connectivity index (χ3v) is 2.73. The zero-order valence-corrected chi connectivity index (χ0v) is 10.1. The topological polar surface area (TPSA) is 37.8 Å². The first-order valence-electron chi connectivity index (χ1n) is 5.66. The maximum absolute atomic E-state index is 4.35. The van der Waals surface area contributed by atoms with Crippen LogP contribution in [0.4, 0.5) is 0 Å². The summed E-state index contributed by atoms with van der Waals surface area (Å²) in [6, 6.07) is 2.46. The number of likely N-dealkylation sites (N-methyl/N-ethyl adjacent to an activating group) is 1. The van der Waals surface area contributed by atoms with E-state index in [0.717, 1.165) is 12.2 Å². The fourth-order valence-corrected chi connectivity index (χ4v) is 2.12. The van der Waals surface area contributed by atoms with Gasteiger partial charge in [-0.3, -0.25) is 0 Å². The van der Waals surface area contributed by atoms with Gasteiger partial charge in [-0.15, -0.1) is 0 Å². The lowest BCUT2D eigenvalue weighted by atomic mass is 9.86. The van der Waals surface area contributed by atoms with Crippen molar-refractivity contribution in [3.63, 3.8) is 0 Å². The van der Waals surface area contributed by atoms with Gasteiger partial charge in [0.05, 0.1) is 0 Å². The Labute approximate surface area is 92.3 Å².